The summed E-state index contributed by atoms with van der Waals surface area (Å²) in [6.45, 7) is 7.92. The maximum atomic E-state index is 5.98. The quantitative estimate of drug-likeness (QED) is 0.744. The van der Waals surface area contributed by atoms with E-state index in [0.29, 0.717) is 29.9 Å². The molecule has 0 spiro atoms. The summed E-state index contributed by atoms with van der Waals surface area (Å²) < 4.78 is 5.47. The van der Waals surface area contributed by atoms with Crippen LogP contribution in [0.5, 0.6) is 5.88 Å². The Bertz CT molecular complexity index is 353. The van der Waals surface area contributed by atoms with E-state index in [1.54, 1.807) is 0 Å². The third-order valence-corrected chi connectivity index (χ3v) is 3.00. The van der Waals surface area contributed by atoms with Gasteiger partial charge in [-0.2, -0.15) is 4.98 Å². The SMILES string of the molecule is CCCOc1ncnc(NCC(CC)CC)c1N. The number of nitrogen functional groups attached to an aromatic ring is 1. The zero-order valence-electron chi connectivity index (χ0n) is 11.6. The largest absolute Gasteiger partial charge is 0.476 e. The van der Waals surface area contributed by atoms with Gasteiger partial charge in [-0.25, -0.2) is 4.98 Å². The van der Waals surface area contributed by atoms with E-state index in [2.05, 4.69) is 29.1 Å². The summed E-state index contributed by atoms with van der Waals surface area (Å²) in [7, 11) is 0. The Labute approximate surface area is 109 Å². The van der Waals surface area contributed by atoms with Crippen molar-refractivity contribution in [2.24, 2.45) is 5.92 Å². The molecule has 1 aromatic heterocycles. The highest BCUT2D eigenvalue weighted by Crippen LogP contribution is 2.25. The van der Waals surface area contributed by atoms with Crippen LogP contribution in [0.15, 0.2) is 6.33 Å². The highest BCUT2D eigenvalue weighted by atomic mass is 16.5. The maximum absolute atomic E-state index is 5.98. The van der Waals surface area contributed by atoms with Crippen molar-refractivity contribution < 1.29 is 4.74 Å². The zero-order chi connectivity index (χ0) is 13.4. The van der Waals surface area contributed by atoms with Gasteiger partial charge in [-0.05, 0) is 12.3 Å². The lowest BCUT2D eigenvalue weighted by Gasteiger charge is -2.15. The molecule has 5 heteroatoms. The molecule has 0 aliphatic carbocycles. The number of ether oxygens (including phenoxy) is 1. The third kappa shape index (κ3) is 4.05. The molecule has 0 fully saturated rings. The van der Waals surface area contributed by atoms with E-state index >= 15 is 0 Å². The number of nitrogens with two attached hydrogens (primary N) is 1. The second-order valence-electron chi connectivity index (χ2n) is 4.35. The highest BCUT2D eigenvalue weighted by Gasteiger charge is 2.10. The van der Waals surface area contributed by atoms with Crippen LogP contribution >= 0.6 is 0 Å². The highest BCUT2D eigenvalue weighted by molar-refractivity contribution is 5.66. The van der Waals surface area contributed by atoms with Crippen molar-refractivity contribution >= 4 is 11.5 Å². The van der Waals surface area contributed by atoms with Gasteiger partial charge >= 0.3 is 0 Å². The van der Waals surface area contributed by atoms with Crippen molar-refractivity contribution in [2.45, 2.75) is 40.0 Å². The minimum Gasteiger partial charge on any atom is -0.476 e. The second kappa shape index (κ2) is 7.74. The van der Waals surface area contributed by atoms with Crippen LogP contribution in [0, 0.1) is 5.92 Å². The Morgan fingerprint density at radius 1 is 1.28 bits per heavy atom. The van der Waals surface area contributed by atoms with Crippen LogP contribution in [0.1, 0.15) is 40.0 Å². The molecule has 0 aromatic carbocycles. The van der Waals surface area contributed by atoms with Gasteiger partial charge in [0.15, 0.2) is 5.82 Å². The van der Waals surface area contributed by atoms with Crippen LogP contribution in [0.4, 0.5) is 11.5 Å². The summed E-state index contributed by atoms with van der Waals surface area (Å²) in [4.78, 5) is 8.21. The zero-order valence-corrected chi connectivity index (χ0v) is 11.6. The minimum atomic E-state index is 0.471. The molecular weight excluding hydrogens is 228 g/mol. The molecule has 0 radical (unpaired) electrons. The average Bonchev–Trinajstić information content (AvgIpc) is 2.40. The van der Waals surface area contributed by atoms with E-state index in [1.165, 1.54) is 6.33 Å². The van der Waals surface area contributed by atoms with E-state index < -0.39 is 0 Å². The number of nitrogens with zero attached hydrogens (tertiary/aromatic N) is 2. The van der Waals surface area contributed by atoms with Gasteiger partial charge in [0, 0.05) is 6.54 Å². The Morgan fingerprint density at radius 3 is 2.61 bits per heavy atom. The summed E-state index contributed by atoms with van der Waals surface area (Å²) in [6.07, 6.45) is 4.71. The molecule has 0 bridgehead atoms. The van der Waals surface area contributed by atoms with Crippen molar-refractivity contribution in [3.05, 3.63) is 6.33 Å². The topological polar surface area (TPSA) is 73.1 Å². The molecule has 0 amide bonds. The smallest absolute Gasteiger partial charge is 0.242 e. The fourth-order valence-corrected chi connectivity index (χ4v) is 1.65. The first-order valence-corrected chi connectivity index (χ1v) is 6.69. The van der Waals surface area contributed by atoms with Crippen LogP contribution in [0.3, 0.4) is 0 Å². The minimum absolute atomic E-state index is 0.471. The summed E-state index contributed by atoms with van der Waals surface area (Å²) in [5, 5.41) is 3.28. The van der Waals surface area contributed by atoms with Crippen LogP contribution in [-0.4, -0.2) is 23.1 Å². The van der Waals surface area contributed by atoms with E-state index in [4.69, 9.17) is 10.5 Å². The Kier molecular flexibility index (Phi) is 6.25. The molecule has 0 atom stereocenters. The fraction of sp³-hybridized carbons (Fsp3) is 0.692. The maximum Gasteiger partial charge on any atom is 0.242 e. The van der Waals surface area contributed by atoms with E-state index in [9.17, 15) is 0 Å². The lowest BCUT2D eigenvalue weighted by molar-refractivity contribution is 0.306. The van der Waals surface area contributed by atoms with Gasteiger partial charge in [0.1, 0.15) is 12.0 Å². The Morgan fingerprint density at radius 2 is 2.00 bits per heavy atom. The molecule has 0 aliphatic heterocycles. The van der Waals surface area contributed by atoms with Crippen molar-refractivity contribution in [2.75, 3.05) is 24.2 Å². The van der Waals surface area contributed by atoms with E-state index in [1.807, 2.05) is 6.92 Å². The van der Waals surface area contributed by atoms with Gasteiger partial charge in [-0.15, -0.1) is 0 Å². The Balaban J connectivity index is 2.65. The van der Waals surface area contributed by atoms with Gasteiger partial charge in [-0.1, -0.05) is 33.6 Å². The van der Waals surface area contributed by atoms with Crippen LogP contribution in [0.25, 0.3) is 0 Å². The number of nitrogens with one attached hydrogen (secondary N) is 1. The number of rotatable bonds is 8. The Hall–Kier alpha value is -1.52. The molecular formula is C13H24N4O. The fourth-order valence-electron chi connectivity index (χ4n) is 1.65. The molecule has 1 aromatic rings. The first-order valence-electron chi connectivity index (χ1n) is 6.69. The van der Waals surface area contributed by atoms with Crippen molar-refractivity contribution in [1.29, 1.82) is 0 Å². The predicted octanol–water partition coefficient (Wildman–Crippen LogP) is 2.70. The van der Waals surface area contributed by atoms with E-state index in [0.717, 1.165) is 25.8 Å². The molecule has 1 rings (SSSR count). The predicted molar refractivity (Wildman–Crippen MR) is 74.8 cm³/mol. The first-order chi connectivity index (χ1) is 8.72. The van der Waals surface area contributed by atoms with Gasteiger partial charge in [0.2, 0.25) is 5.88 Å². The molecule has 3 N–H and O–H groups in total. The number of aromatic nitrogens is 2. The van der Waals surface area contributed by atoms with Gasteiger partial charge in [-0.3, -0.25) is 0 Å². The van der Waals surface area contributed by atoms with Crippen molar-refractivity contribution in [1.82, 2.24) is 9.97 Å². The normalized spacial score (nSPS) is 10.7. The molecule has 0 unspecified atom stereocenters. The van der Waals surface area contributed by atoms with E-state index in [-0.39, 0.29) is 0 Å². The molecule has 18 heavy (non-hydrogen) atoms. The van der Waals surface area contributed by atoms with Gasteiger partial charge < -0.3 is 15.8 Å². The number of hydrogen-bond acceptors (Lipinski definition) is 5. The summed E-state index contributed by atoms with van der Waals surface area (Å²) in [5.41, 5.74) is 6.48. The second-order valence-corrected chi connectivity index (χ2v) is 4.35. The van der Waals surface area contributed by atoms with Crippen LogP contribution < -0.4 is 15.8 Å². The summed E-state index contributed by atoms with van der Waals surface area (Å²) in [6, 6.07) is 0. The average molecular weight is 252 g/mol. The molecule has 102 valence electrons. The molecule has 0 saturated carbocycles. The van der Waals surface area contributed by atoms with Crippen LogP contribution in [-0.2, 0) is 0 Å². The van der Waals surface area contributed by atoms with Gasteiger partial charge in [0.05, 0.1) is 6.61 Å². The summed E-state index contributed by atoms with van der Waals surface area (Å²) in [5.74, 6) is 1.78. The number of anilines is 2. The lowest BCUT2D eigenvalue weighted by atomic mass is 10.0. The molecule has 1 heterocycles. The van der Waals surface area contributed by atoms with Crippen molar-refractivity contribution in [3.8, 4) is 5.88 Å². The standard InChI is InChI=1S/C13H24N4O/c1-4-7-18-13-11(14)12(16-9-17-13)15-8-10(5-2)6-3/h9-10H,4-8,14H2,1-3H3,(H,15,16,17). The molecule has 5 nitrogen and oxygen atoms in total. The third-order valence-electron chi connectivity index (χ3n) is 3.00. The van der Waals surface area contributed by atoms with Crippen molar-refractivity contribution in [3.63, 3.8) is 0 Å². The van der Waals surface area contributed by atoms with Crippen LogP contribution in [0.2, 0.25) is 0 Å². The molecule has 0 saturated heterocycles. The lowest BCUT2D eigenvalue weighted by Crippen LogP contribution is -2.15. The summed E-state index contributed by atoms with van der Waals surface area (Å²) >= 11 is 0. The van der Waals surface area contributed by atoms with Gasteiger partial charge in [0.25, 0.3) is 0 Å². The monoisotopic (exact) mass is 252 g/mol. The first kappa shape index (κ1) is 14.5. The number of hydrogen-bond donors (Lipinski definition) is 2. The molecule has 0 aliphatic rings.